The second kappa shape index (κ2) is 7.68. The number of halogens is 3. The molecule has 2 aromatic carbocycles. The second-order valence-electron chi connectivity index (χ2n) is 5.34. The highest BCUT2D eigenvalue weighted by Crippen LogP contribution is 2.16. The standard InChI is InChI=1S/C18H12Cl2FN3O2/c19-14-10-23-24(18(26)16(14)20)13-7-5-11(6-8-13)17(25)22-9-12-3-1-2-4-15(12)21/h1-8,10H,9H2,(H,22,25). The first kappa shape index (κ1) is 18.1. The molecule has 0 aliphatic rings. The van der Waals surface area contributed by atoms with E-state index in [0.717, 1.165) is 4.68 Å². The van der Waals surface area contributed by atoms with Crippen molar-refractivity contribution in [3.63, 3.8) is 0 Å². The molecule has 1 N–H and O–H groups in total. The van der Waals surface area contributed by atoms with Gasteiger partial charge in [0.05, 0.1) is 16.9 Å². The molecule has 1 aromatic heterocycles. The van der Waals surface area contributed by atoms with Crippen LogP contribution in [0, 0.1) is 5.82 Å². The number of hydrogen-bond donors (Lipinski definition) is 1. The van der Waals surface area contributed by atoms with Crippen LogP contribution in [0.15, 0.2) is 59.5 Å². The molecule has 0 bridgehead atoms. The Morgan fingerprint density at radius 3 is 2.50 bits per heavy atom. The average molecular weight is 392 g/mol. The summed E-state index contributed by atoms with van der Waals surface area (Å²) in [6.07, 6.45) is 1.26. The summed E-state index contributed by atoms with van der Waals surface area (Å²) in [5, 5.41) is 6.49. The molecule has 0 spiro atoms. The molecule has 0 aliphatic heterocycles. The first-order valence-electron chi connectivity index (χ1n) is 7.53. The Morgan fingerprint density at radius 1 is 1.12 bits per heavy atom. The van der Waals surface area contributed by atoms with Gasteiger partial charge in [0.2, 0.25) is 0 Å². The third kappa shape index (κ3) is 3.76. The third-order valence-electron chi connectivity index (χ3n) is 3.65. The molecule has 1 heterocycles. The smallest absolute Gasteiger partial charge is 0.291 e. The van der Waals surface area contributed by atoms with E-state index < -0.39 is 5.56 Å². The minimum absolute atomic E-state index is 0.0667. The van der Waals surface area contributed by atoms with Gasteiger partial charge in [-0.05, 0) is 30.3 Å². The number of benzene rings is 2. The molecule has 8 heteroatoms. The molecule has 5 nitrogen and oxygen atoms in total. The molecular weight excluding hydrogens is 380 g/mol. The Labute approximate surface area is 158 Å². The van der Waals surface area contributed by atoms with E-state index in [1.807, 2.05) is 0 Å². The van der Waals surface area contributed by atoms with Crippen molar-refractivity contribution < 1.29 is 9.18 Å². The number of amides is 1. The van der Waals surface area contributed by atoms with E-state index in [1.54, 1.807) is 30.3 Å². The van der Waals surface area contributed by atoms with Crippen molar-refractivity contribution >= 4 is 29.1 Å². The summed E-state index contributed by atoms with van der Waals surface area (Å²) >= 11 is 11.6. The maximum Gasteiger partial charge on any atom is 0.291 e. The minimum Gasteiger partial charge on any atom is -0.348 e. The Bertz CT molecular complexity index is 1020. The van der Waals surface area contributed by atoms with Crippen molar-refractivity contribution in [2.45, 2.75) is 6.54 Å². The van der Waals surface area contributed by atoms with Crippen LogP contribution in [0.5, 0.6) is 0 Å². The van der Waals surface area contributed by atoms with E-state index in [2.05, 4.69) is 10.4 Å². The molecule has 1 amide bonds. The minimum atomic E-state index is -0.559. The lowest BCUT2D eigenvalue weighted by molar-refractivity contribution is 0.0950. The summed E-state index contributed by atoms with van der Waals surface area (Å²) in [4.78, 5) is 24.3. The van der Waals surface area contributed by atoms with E-state index >= 15 is 0 Å². The van der Waals surface area contributed by atoms with Crippen LogP contribution in [-0.2, 0) is 6.54 Å². The fourth-order valence-electron chi connectivity index (χ4n) is 2.27. The zero-order valence-corrected chi connectivity index (χ0v) is 14.8. The highest BCUT2D eigenvalue weighted by molar-refractivity contribution is 6.41. The number of aromatic nitrogens is 2. The van der Waals surface area contributed by atoms with Gasteiger partial charge in [0.15, 0.2) is 0 Å². The van der Waals surface area contributed by atoms with Crippen LogP contribution in [0.2, 0.25) is 10.0 Å². The highest BCUT2D eigenvalue weighted by Gasteiger charge is 2.11. The Kier molecular flexibility index (Phi) is 5.35. The van der Waals surface area contributed by atoms with Crippen LogP contribution in [0.1, 0.15) is 15.9 Å². The van der Waals surface area contributed by atoms with E-state index in [-0.39, 0.29) is 28.3 Å². The van der Waals surface area contributed by atoms with Crippen LogP contribution in [0.4, 0.5) is 4.39 Å². The van der Waals surface area contributed by atoms with Crippen molar-refractivity contribution in [2.75, 3.05) is 0 Å². The van der Waals surface area contributed by atoms with Gasteiger partial charge in [0.25, 0.3) is 11.5 Å². The summed E-state index contributed by atoms with van der Waals surface area (Å²) in [6, 6.07) is 12.4. The lowest BCUT2D eigenvalue weighted by atomic mass is 10.1. The fourth-order valence-corrected chi connectivity index (χ4v) is 2.52. The first-order chi connectivity index (χ1) is 12.5. The summed E-state index contributed by atoms with van der Waals surface area (Å²) in [6.45, 7) is 0.0705. The quantitative estimate of drug-likeness (QED) is 0.738. The van der Waals surface area contributed by atoms with Crippen molar-refractivity contribution in [3.8, 4) is 5.69 Å². The molecule has 0 saturated carbocycles. The van der Waals surface area contributed by atoms with Gasteiger partial charge in [-0.2, -0.15) is 9.78 Å². The SMILES string of the molecule is O=C(NCc1ccccc1F)c1ccc(-n2ncc(Cl)c(Cl)c2=O)cc1. The molecule has 0 aliphatic carbocycles. The molecular formula is C18H12Cl2FN3O2. The van der Waals surface area contributed by atoms with E-state index in [9.17, 15) is 14.0 Å². The zero-order chi connectivity index (χ0) is 18.7. The van der Waals surface area contributed by atoms with Crippen LogP contribution in [0.25, 0.3) is 5.69 Å². The van der Waals surface area contributed by atoms with E-state index in [1.165, 1.54) is 24.4 Å². The predicted molar refractivity (Wildman–Crippen MR) is 97.4 cm³/mol. The monoisotopic (exact) mass is 391 g/mol. The Balaban J connectivity index is 1.75. The van der Waals surface area contributed by atoms with Gasteiger partial charge in [-0.1, -0.05) is 41.4 Å². The van der Waals surface area contributed by atoms with Gasteiger partial charge in [0, 0.05) is 17.7 Å². The van der Waals surface area contributed by atoms with Gasteiger partial charge in [-0.25, -0.2) is 4.39 Å². The summed E-state index contributed by atoms with van der Waals surface area (Å²) < 4.78 is 14.6. The number of rotatable bonds is 4. The highest BCUT2D eigenvalue weighted by atomic mass is 35.5. The topological polar surface area (TPSA) is 64.0 Å². The normalized spacial score (nSPS) is 10.6. The number of carbonyl (C=O) groups excluding carboxylic acids is 1. The molecule has 0 atom stereocenters. The second-order valence-corrected chi connectivity index (χ2v) is 6.13. The molecule has 0 fully saturated rings. The van der Waals surface area contributed by atoms with E-state index in [0.29, 0.717) is 16.8 Å². The number of carbonyl (C=O) groups is 1. The summed E-state index contributed by atoms with van der Waals surface area (Å²) in [5.41, 5.74) is 0.623. The summed E-state index contributed by atoms with van der Waals surface area (Å²) in [7, 11) is 0. The maximum atomic E-state index is 13.6. The van der Waals surface area contributed by atoms with Crippen molar-refractivity contribution in [3.05, 3.63) is 92.1 Å². The Morgan fingerprint density at radius 2 is 1.81 bits per heavy atom. The fraction of sp³-hybridized carbons (Fsp3) is 0.0556. The molecule has 0 saturated heterocycles. The molecule has 26 heavy (non-hydrogen) atoms. The van der Waals surface area contributed by atoms with Gasteiger partial charge in [0.1, 0.15) is 10.8 Å². The van der Waals surface area contributed by atoms with Gasteiger partial charge >= 0.3 is 0 Å². The number of nitrogens with zero attached hydrogens (tertiary/aromatic N) is 2. The summed E-state index contributed by atoms with van der Waals surface area (Å²) in [5.74, 6) is -0.748. The lowest BCUT2D eigenvalue weighted by Gasteiger charge is -2.08. The van der Waals surface area contributed by atoms with Crippen molar-refractivity contribution in [1.82, 2.24) is 15.1 Å². The van der Waals surface area contributed by atoms with Crippen LogP contribution in [0.3, 0.4) is 0 Å². The first-order valence-corrected chi connectivity index (χ1v) is 8.28. The Hall–Kier alpha value is -2.70. The predicted octanol–water partition coefficient (Wildman–Crippen LogP) is 3.61. The van der Waals surface area contributed by atoms with Crippen molar-refractivity contribution in [2.24, 2.45) is 0 Å². The molecule has 3 aromatic rings. The maximum absolute atomic E-state index is 13.6. The van der Waals surface area contributed by atoms with E-state index in [4.69, 9.17) is 23.2 Å². The van der Waals surface area contributed by atoms with Gasteiger partial charge < -0.3 is 5.32 Å². The number of hydrogen-bond acceptors (Lipinski definition) is 3. The molecule has 0 radical (unpaired) electrons. The van der Waals surface area contributed by atoms with Crippen LogP contribution >= 0.6 is 23.2 Å². The van der Waals surface area contributed by atoms with Crippen LogP contribution < -0.4 is 10.9 Å². The largest absolute Gasteiger partial charge is 0.348 e. The molecule has 3 rings (SSSR count). The van der Waals surface area contributed by atoms with Gasteiger partial charge in [-0.3, -0.25) is 9.59 Å². The van der Waals surface area contributed by atoms with Crippen LogP contribution in [-0.4, -0.2) is 15.7 Å². The number of nitrogens with one attached hydrogen (secondary N) is 1. The molecule has 132 valence electrons. The molecule has 0 unspecified atom stereocenters. The zero-order valence-electron chi connectivity index (χ0n) is 13.2. The lowest BCUT2D eigenvalue weighted by Crippen LogP contribution is -2.24. The third-order valence-corrected chi connectivity index (χ3v) is 4.40. The van der Waals surface area contributed by atoms with Gasteiger partial charge in [-0.15, -0.1) is 0 Å². The average Bonchev–Trinajstić information content (AvgIpc) is 2.65. The van der Waals surface area contributed by atoms with Crippen molar-refractivity contribution in [1.29, 1.82) is 0 Å².